The predicted molar refractivity (Wildman–Crippen MR) is 256 cm³/mol. The SMILES string of the molecule is c1ccc(-c2cc(-c3ccccc3)cc(-c3cccc(-c4cc(-c5ccc(-c6nc(-c7ccccc7)nc(-c7ccccc7)n6)cc5)c5c(c4)sc4ccccc45)c3)c2)cc1. The Morgan fingerprint density at radius 3 is 1.15 bits per heavy atom. The quantitative estimate of drug-likeness (QED) is 0.154. The molecule has 0 amide bonds. The van der Waals surface area contributed by atoms with Gasteiger partial charge in [-0.05, 0) is 98.1 Å². The number of rotatable bonds is 8. The minimum absolute atomic E-state index is 0.641. The predicted octanol–water partition coefficient (Wildman–Crippen LogP) is 15.6. The summed E-state index contributed by atoms with van der Waals surface area (Å²) in [4.78, 5) is 14.9. The van der Waals surface area contributed by atoms with Crippen LogP contribution in [0, 0.1) is 0 Å². The molecule has 4 heteroatoms. The molecule has 9 aromatic carbocycles. The molecule has 0 aliphatic rings. The van der Waals surface area contributed by atoms with Crippen LogP contribution in [-0.2, 0) is 0 Å². The molecule has 0 aliphatic heterocycles. The van der Waals surface area contributed by atoms with Gasteiger partial charge in [-0.2, -0.15) is 0 Å². The summed E-state index contributed by atoms with van der Waals surface area (Å²) in [6, 6.07) is 79.7. The highest BCUT2D eigenvalue weighted by Gasteiger charge is 2.17. The molecule has 0 radical (unpaired) electrons. The third-order valence-electron chi connectivity index (χ3n) is 11.3. The van der Waals surface area contributed by atoms with E-state index in [2.05, 4.69) is 164 Å². The Morgan fingerprint density at radius 2 is 0.623 bits per heavy atom. The smallest absolute Gasteiger partial charge is 0.164 e. The second-order valence-corrected chi connectivity index (χ2v) is 16.3. The number of hydrogen-bond acceptors (Lipinski definition) is 4. The van der Waals surface area contributed by atoms with Crippen LogP contribution in [-0.4, -0.2) is 15.0 Å². The number of fused-ring (bicyclic) bond motifs is 3. The van der Waals surface area contributed by atoms with Gasteiger partial charge in [-0.25, -0.2) is 15.0 Å². The molecule has 61 heavy (non-hydrogen) atoms. The minimum Gasteiger partial charge on any atom is -0.208 e. The minimum atomic E-state index is 0.641. The van der Waals surface area contributed by atoms with E-state index in [4.69, 9.17) is 15.0 Å². The normalized spacial score (nSPS) is 11.3. The Hall–Kier alpha value is -7.79. The third-order valence-corrected chi connectivity index (χ3v) is 12.4. The van der Waals surface area contributed by atoms with Gasteiger partial charge in [0, 0.05) is 36.9 Å². The standard InChI is InChI=1S/C57H37N3S/c1-5-16-38(17-6-1)46-33-47(39-18-7-2-8-19-39)35-48(34-46)44-24-15-25-45(32-44)49-36-51(54-50-26-13-14-27-52(50)61-53(54)37-49)40-28-30-43(31-29-40)57-59-55(41-20-9-3-10-21-41)58-56(60-57)42-22-11-4-12-23-42/h1-37H. The lowest BCUT2D eigenvalue weighted by Gasteiger charge is -2.14. The van der Waals surface area contributed by atoms with Crippen molar-refractivity contribution in [2.24, 2.45) is 0 Å². The number of aromatic nitrogens is 3. The van der Waals surface area contributed by atoms with Gasteiger partial charge in [0.05, 0.1) is 0 Å². The summed E-state index contributed by atoms with van der Waals surface area (Å²) < 4.78 is 2.54. The molecule has 11 rings (SSSR count). The van der Waals surface area contributed by atoms with Crippen LogP contribution in [0.3, 0.4) is 0 Å². The second kappa shape index (κ2) is 15.8. The lowest BCUT2D eigenvalue weighted by atomic mass is 9.91. The summed E-state index contributed by atoms with van der Waals surface area (Å²) in [5.74, 6) is 1.94. The average Bonchev–Trinajstić information content (AvgIpc) is 3.73. The van der Waals surface area contributed by atoms with Gasteiger partial charge in [0.1, 0.15) is 0 Å². The first-order chi connectivity index (χ1) is 30.2. The maximum Gasteiger partial charge on any atom is 0.164 e. The molecule has 2 aromatic heterocycles. The van der Waals surface area contributed by atoms with Crippen LogP contribution < -0.4 is 0 Å². The molecular weight excluding hydrogens is 759 g/mol. The molecule has 0 atom stereocenters. The van der Waals surface area contributed by atoms with Gasteiger partial charge in [0.25, 0.3) is 0 Å². The van der Waals surface area contributed by atoms with E-state index in [1.807, 2.05) is 72.0 Å². The molecule has 0 fully saturated rings. The van der Waals surface area contributed by atoms with Crippen molar-refractivity contribution >= 4 is 31.5 Å². The number of thiophene rings is 1. The fourth-order valence-corrected chi connectivity index (χ4v) is 9.42. The summed E-state index contributed by atoms with van der Waals surface area (Å²) in [5, 5.41) is 2.54. The van der Waals surface area contributed by atoms with Crippen LogP contribution in [0.5, 0.6) is 0 Å². The van der Waals surface area contributed by atoms with Gasteiger partial charge in [-0.1, -0.05) is 182 Å². The zero-order valence-corrected chi connectivity index (χ0v) is 33.9. The third kappa shape index (κ3) is 7.20. The fourth-order valence-electron chi connectivity index (χ4n) is 8.25. The Morgan fingerprint density at radius 1 is 0.246 bits per heavy atom. The summed E-state index contributed by atoms with van der Waals surface area (Å²) >= 11 is 1.85. The maximum absolute atomic E-state index is 5.00. The molecule has 11 aromatic rings. The van der Waals surface area contributed by atoms with Crippen molar-refractivity contribution in [1.82, 2.24) is 15.0 Å². The Kier molecular flexibility index (Phi) is 9.38. The van der Waals surface area contributed by atoms with E-state index in [0.717, 1.165) is 22.3 Å². The Balaban J connectivity index is 1.02. The van der Waals surface area contributed by atoms with E-state index in [-0.39, 0.29) is 0 Å². The molecule has 0 saturated carbocycles. The second-order valence-electron chi connectivity index (χ2n) is 15.2. The summed E-state index contributed by atoms with van der Waals surface area (Å²) in [7, 11) is 0. The molecular formula is C57H37N3S. The lowest BCUT2D eigenvalue weighted by Crippen LogP contribution is -2.00. The highest BCUT2D eigenvalue weighted by Crippen LogP contribution is 2.44. The van der Waals surface area contributed by atoms with E-state index in [1.165, 1.54) is 70.2 Å². The number of nitrogens with zero attached hydrogens (tertiary/aromatic N) is 3. The summed E-state index contributed by atoms with van der Waals surface area (Å²) in [6.07, 6.45) is 0. The topological polar surface area (TPSA) is 38.7 Å². The van der Waals surface area contributed by atoms with E-state index >= 15 is 0 Å². The van der Waals surface area contributed by atoms with Crippen molar-refractivity contribution in [3.63, 3.8) is 0 Å². The molecule has 0 aliphatic carbocycles. The van der Waals surface area contributed by atoms with E-state index in [9.17, 15) is 0 Å². The lowest BCUT2D eigenvalue weighted by molar-refractivity contribution is 1.07. The largest absolute Gasteiger partial charge is 0.208 e. The molecule has 0 saturated heterocycles. The molecule has 0 N–H and O–H groups in total. The number of hydrogen-bond donors (Lipinski definition) is 0. The highest BCUT2D eigenvalue weighted by atomic mass is 32.1. The van der Waals surface area contributed by atoms with E-state index in [0.29, 0.717) is 17.5 Å². The summed E-state index contributed by atoms with van der Waals surface area (Å²) in [5.41, 5.74) is 14.7. The van der Waals surface area contributed by atoms with Crippen LogP contribution >= 0.6 is 11.3 Å². The van der Waals surface area contributed by atoms with Crippen molar-refractivity contribution in [3.05, 3.63) is 224 Å². The van der Waals surface area contributed by atoms with E-state index in [1.54, 1.807) is 0 Å². The van der Waals surface area contributed by atoms with Crippen molar-refractivity contribution in [2.45, 2.75) is 0 Å². The van der Waals surface area contributed by atoms with Crippen molar-refractivity contribution in [3.8, 4) is 89.8 Å². The van der Waals surface area contributed by atoms with E-state index < -0.39 is 0 Å². The first-order valence-corrected chi connectivity index (χ1v) is 21.3. The van der Waals surface area contributed by atoms with Gasteiger partial charge in [-0.3, -0.25) is 0 Å². The van der Waals surface area contributed by atoms with Crippen molar-refractivity contribution in [2.75, 3.05) is 0 Å². The number of benzene rings is 9. The van der Waals surface area contributed by atoms with Crippen molar-refractivity contribution < 1.29 is 0 Å². The maximum atomic E-state index is 5.00. The average molecular weight is 796 g/mol. The van der Waals surface area contributed by atoms with Gasteiger partial charge >= 0.3 is 0 Å². The fraction of sp³-hybridized carbons (Fsp3) is 0. The molecule has 286 valence electrons. The van der Waals surface area contributed by atoms with Crippen LogP contribution in [0.4, 0.5) is 0 Å². The van der Waals surface area contributed by atoms with Gasteiger partial charge in [0.2, 0.25) is 0 Å². The molecule has 3 nitrogen and oxygen atoms in total. The van der Waals surface area contributed by atoms with Crippen LogP contribution in [0.25, 0.3) is 110 Å². The molecule has 2 heterocycles. The monoisotopic (exact) mass is 795 g/mol. The first kappa shape index (κ1) is 36.3. The first-order valence-electron chi connectivity index (χ1n) is 20.5. The van der Waals surface area contributed by atoms with Crippen molar-refractivity contribution in [1.29, 1.82) is 0 Å². The van der Waals surface area contributed by atoms with Crippen LogP contribution in [0.15, 0.2) is 224 Å². The zero-order valence-electron chi connectivity index (χ0n) is 33.1. The zero-order chi connectivity index (χ0) is 40.5. The van der Waals surface area contributed by atoms with Crippen LogP contribution in [0.2, 0.25) is 0 Å². The summed E-state index contributed by atoms with van der Waals surface area (Å²) in [6.45, 7) is 0. The Labute approximate surface area is 359 Å². The highest BCUT2D eigenvalue weighted by molar-refractivity contribution is 7.26. The van der Waals surface area contributed by atoms with Gasteiger partial charge in [-0.15, -0.1) is 11.3 Å². The molecule has 0 bridgehead atoms. The van der Waals surface area contributed by atoms with Gasteiger partial charge in [0.15, 0.2) is 17.5 Å². The molecule has 0 unspecified atom stereocenters. The molecule has 0 spiro atoms. The van der Waals surface area contributed by atoms with Gasteiger partial charge < -0.3 is 0 Å². The Bertz CT molecular complexity index is 3210. The van der Waals surface area contributed by atoms with Crippen LogP contribution in [0.1, 0.15) is 0 Å².